The molecule has 3 heteroatoms. The van der Waals surface area contributed by atoms with Crippen LogP contribution in [0.1, 0.15) is 23.5 Å². The van der Waals surface area contributed by atoms with Crippen molar-refractivity contribution in [2.24, 2.45) is 4.99 Å². The van der Waals surface area contributed by atoms with E-state index in [2.05, 4.69) is 46.7 Å². The van der Waals surface area contributed by atoms with Crippen LogP contribution >= 0.6 is 11.6 Å². The summed E-state index contributed by atoms with van der Waals surface area (Å²) in [6, 6.07) is 18.7. The van der Waals surface area contributed by atoms with Crippen molar-refractivity contribution in [2.45, 2.75) is 12.3 Å². The van der Waals surface area contributed by atoms with Crippen molar-refractivity contribution in [1.82, 2.24) is 5.32 Å². The van der Waals surface area contributed by atoms with Gasteiger partial charge in [-0.15, -0.1) is 0 Å². The van der Waals surface area contributed by atoms with Gasteiger partial charge in [-0.05, 0) is 23.3 Å². The van der Waals surface area contributed by atoms with Gasteiger partial charge in [0, 0.05) is 23.9 Å². The van der Waals surface area contributed by atoms with Crippen LogP contribution in [0.3, 0.4) is 0 Å². The van der Waals surface area contributed by atoms with E-state index in [1.807, 2.05) is 18.2 Å². The van der Waals surface area contributed by atoms with E-state index in [0.29, 0.717) is 5.92 Å². The SMILES string of the molecule is Clc1ccc(C(CC2=NCCN2)c2ccccc2)cc1. The van der Waals surface area contributed by atoms with E-state index in [0.717, 1.165) is 30.4 Å². The third-order valence-corrected chi connectivity index (χ3v) is 3.87. The number of rotatable bonds is 4. The standard InChI is InChI=1S/C17H17ClN2/c18-15-8-6-14(7-9-15)16(12-17-19-10-11-20-17)13-4-2-1-3-5-13/h1-9,16H,10-12H2,(H,19,20). The maximum Gasteiger partial charge on any atom is 0.0974 e. The number of benzene rings is 2. The van der Waals surface area contributed by atoms with E-state index in [1.165, 1.54) is 11.1 Å². The lowest BCUT2D eigenvalue weighted by Crippen LogP contribution is -2.21. The lowest BCUT2D eigenvalue weighted by Gasteiger charge is -2.18. The molecule has 3 rings (SSSR count). The zero-order valence-electron chi connectivity index (χ0n) is 11.2. The van der Waals surface area contributed by atoms with Gasteiger partial charge in [-0.1, -0.05) is 54.1 Å². The highest BCUT2D eigenvalue weighted by molar-refractivity contribution is 6.30. The van der Waals surface area contributed by atoms with Gasteiger partial charge < -0.3 is 5.32 Å². The normalized spacial score (nSPS) is 15.6. The fourth-order valence-electron chi connectivity index (χ4n) is 2.59. The predicted octanol–water partition coefficient (Wildman–Crippen LogP) is 3.86. The number of amidine groups is 1. The monoisotopic (exact) mass is 284 g/mol. The fourth-order valence-corrected chi connectivity index (χ4v) is 2.71. The highest BCUT2D eigenvalue weighted by Crippen LogP contribution is 2.29. The second-order valence-corrected chi connectivity index (χ2v) is 5.41. The molecular weight excluding hydrogens is 268 g/mol. The maximum atomic E-state index is 6.00. The van der Waals surface area contributed by atoms with E-state index in [-0.39, 0.29) is 0 Å². The van der Waals surface area contributed by atoms with E-state index in [1.54, 1.807) is 0 Å². The lowest BCUT2D eigenvalue weighted by molar-refractivity contribution is 0.833. The molecule has 0 spiro atoms. The molecule has 0 amide bonds. The first-order chi connectivity index (χ1) is 9.83. The molecule has 1 atom stereocenters. The molecule has 1 aliphatic rings. The quantitative estimate of drug-likeness (QED) is 0.906. The zero-order valence-corrected chi connectivity index (χ0v) is 12.0. The molecule has 1 aliphatic heterocycles. The highest BCUT2D eigenvalue weighted by Gasteiger charge is 2.18. The van der Waals surface area contributed by atoms with Gasteiger partial charge in [0.1, 0.15) is 0 Å². The topological polar surface area (TPSA) is 24.4 Å². The van der Waals surface area contributed by atoms with Crippen LogP contribution < -0.4 is 5.32 Å². The van der Waals surface area contributed by atoms with Crippen molar-refractivity contribution in [1.29, 1.82) is 0 Å². The maximum absolute atomic E-state index is 6.00. The van der Waals surface area contributed by atoms with Crippen molar-refractivity contribution in [3.8, 4) is 0 Å². The number of hydrogen-bond donors (Lipinski definition) is 1. The third-order valence-electron chi connectivity index (χ3n) is 3.62. The minimum absolute atomic E-state index is 0.317. The summed E-state index contributed by atoms with van der Waals surface area (Å²) in [5.41, 5.74) is 2.59. The lowest BCUT2D eigenvalue weighted by atomic mass is 9.88. The summed E-state index contributed by atoms with van der Waals surface area (Å²) in [6.07, 6.45) is 0.908. The molecule has 2 aromatic rings. The van der Waals surface area contributed by atoms with Gasteiger partial charge in [0.25, 0.3) is 0 Å². The van der Waals surface area contributed by atoms with Crippen molar-refractivity contribution in [3.05, 3.63) is 70.7 Å². The van der Waals surface area contributed by atoms with Gasteiger partial charge >= 0.3 is 0 Å². The zero-order chi connectivity index (χ0) is 13.8. The molecule has 1 N–H and O–H groups in total. The summed E-state index contributed by atoms with van der Waals surface area (Å²) in [5.74, 6) is 1.42. The van der Waals surface area contributed by atoms with Gasteiger partial charge in [-0.25, -0.2) is 0 Å². The molecule has 20 heavy (non-hydrogen) atoms. The Bertz CT molecular complexity index is 590. The number of nitrogens with zero attached hydrogens (tertiary/aromatic N) is 1. The molecule has 0 radical (unpaired) electrons. The van der Waals surface area contributed by atoms with Gasteiger partial charge in [-0.3, -0.25) is 4.99 Å². The van der Waals surface area contributed by atoms with Crippen molar-refractivity contribution < 1.29 is 0 Å². The largest absolute Gasteiger partial charge is 0.372 e. The van der Waals surface area contributed by atoms with Crippen molar-refractivity contribution in [3.63, 3.8) is 0 Å². The Labute approximate surface area is 124 Å². The number of aliphatic imine (C=N–C) groups is 1. The predicted molar refractivity (Wildman–Crippen MR) is 84.7 cm³/mol. The first kappa shape index (κ1) is 13.2. The van der Waals surface area contributed by atoms with Crippen LogP contribution in [0.15, 0.2) is 59.6 Å². The van der Waals surface area contributed by atoms with Gasteiger partial charge in [0.05, 0.1) is 12.4 Å². The Morgan fingerprint density at radius 3 is 2.35 bits per heavy atom. The highest BCUT2D eigenvalue weighted by atomic mass is 35.5. The molecule has 2 nitrogen and oxygen atoms in total. The molecule has 0 bridgehead atoms. The summed E-state index contributed by atoms with van der Waals surface area (Å²) >= 11 is 6.00. The Morgan fingerprint density at radius 2 is 1.70 bits per heavy atom. The summed E-state index contributed by atoms with van der Waals surface area (Å²) in [4.78, 5) is 4.52. The second kappa shape index (κ2) is 6.10. The Kier molecular flexibility index (Phi) is 4.03. The van der Waals surface area contributed by atoms with Crippen LogP contribution in [0.2, 0.25) is 5.02 Å². The second-order valence-electron chi connectivity index (χ2n) is 4.97. The summed E-state index contributed by atoms with van der Waals surface area (Å²) in [7, 11) is 0. The summed E-state index contributed by atoms with van der Waals surface area (Å²) in [5, 5.41) is 4.14. The molecular formula is C17H17ClN2. The van der Waals surface area contributed by atoms with Crippen molar-refractivity contribution in [2.75, 3.05) is 13.1 Å². The summed E-state index contributed by atoms with van der Waals surface area (Å²) < 4.78 is 0. The van der Waals surface area contributed by atoms with Crippen LogP contribution in [0.5, 0.6) is 0 Å². The number of nitrogens with one attached hydrogen (secondary N) is 1. The van der Waals surface area contributed by atoms with Crippen LogP contribution in [0, 0.1) is 0 Å². The van der Waals surface area contributed by atoms with E-state index in [4.69, 9.17) is 11.6 Å². The molecule has 1 heterocycles. The van der Waals surface area contributed by atoms with Crippen LogP contribution in [-0.2, 0) is 0 Å². The van der Waals surface area contributed by atoms with Gasteiger partial charge in [0.2, 0.25) is 0 Å². The smallest absolute Gasteiger partial charge is 0.0974 e. The summed E-state index contributed by atoms with van der Waals surface area (Å²) in [6.45, 7) is 1.84. The molecule has 0 saturated carbocycles. The van der Waals surface area contributed by atoms with Gasteiger partial charge in [-0.2, -0.15) is 0 Å². The Balaban J connectivity index is 1.92. The van der Waals surface area contributed by atoms with E-state index >= 15 is 0 Å². The van der Waals surface area contributed by atoms with Crippen LogP contribution in [0.4, 0.5) is 0 Å². The third kappa shape index (κ3) is 3.02. The van der Waals surface area contributed by atoms with Crippen molar-refractivity contribution >= 4 is 17.4 Å². The Hall–Kier alpha value is -1.80. The molecule has 102 valence electrons. The van der Waals surface area contributed by atoms with Gasteiger partial charge in [0.15, 0.2) is 0 Å². The van der Waals surface area contributed by atoms with Crippen LogP contribution in [0.25, 0.3) is 0 Å². The fraction of sp³-hybridized carbons (Fsp3) is 0.235. The first-order valence-corrected chi connectivity index (χ1v) is 7.28. The molecule has 2 aromatic carbocycles. The van der Waals surface area contributed by atoms with E-state index < -0.39 is 0 Å². The molecule has 0 aliphatic carbocycles. The minimum atomic E-state index is 0.317. The average Bonchev–Trinajstić information content (AvgIpc) is 3.00. The molecule has 0 saturated heterocycles. The first-order valence-electron chi connectivity index (χ1n) is 6.90. The molecule has 0 aromatic heterocycles. The Morgan fingerprint density at radius 1 is 1.00 bits per heavy atom. The average molecular weight is 285 g/mol. The number of halogens is 1. The molecule has 0 fully saturated rings. The number of hydrogen-bond acceptors (Lipinski definition) is 2. The minimum Gasteiger partial charge on any atom is -0.372 e. The van der Waals surface area contributed by atoms with Crippen LogP contribution in [-0.4, -0.2) is 18.9 Å². The molecule has 1 unspecified atom stereocenters. The van der Waals surface area contributed by atoms with E-state index in [9.17, 15) is 0 Å².